The van der Waals surface area contributed by atoms with Gasteiger partial charge in [-0.25, -0.2) is 0 Å². The van der Waals surface area contributed by atoms with Gasteiger partial charge in [0, 0.05) is 0 Å². The van der Waals surface area contributed by atoms with Crippen molar-refractivity contribution in [3.05, 3.63) is 47.5 Å². The van der Waals surface area contributed by atoms with Gasteiger partial charge in [0.15, 0.2) is 0 Å². The molecule has 0 radical (unpaired) electrons. The monoisotopic (exact) mass is 236 g/mol. The van der Waals surface area contributed by atoms with E-state index in [1.165, 1.54) is 0 Å². The van der Waals surface area contributed by atoms with Gasteiger partial charge in [-0.2, -0.15) is 0 Å². The Kier molecular flexibility index (Phi) is 5.91. The zero-order valence-electron chi connectivity index (χ0n) is 10.3. The third kappa shape index (κ3) is 5.63. The predicted octanol–water partition coefficient (Wildman–Crippen LogP) is 1.89. The second-order valence-corrected chi connectivity index (χ2v) is 4.30. The van der Waals surface area contributed by atoms with Crippen LogP contribution in [0.25, 0.3) is 0 Å². The Morgan fingerprint density at radius 1 is 1.24 bits per heavy atom. The van der Waals surface area contributed by atoms with Crippen molar-refractivity contribution in [2.75, 3.05) is 6.61 Å². The standard InChI is InChI=1S/C14H20O3/c1-11(2)8-13(15)14(16)10-17-9-12-6-4-3-5-7-12/h3-8,13-16H,9-10H2,1-2H3/t13?,14-/m1/s1. The highest BCUT2D eigenvalue weighted by Gasteiger charge is 2.13. The quantitative estimate of drug-likeness (QED) is 0.742. The maximum absolute atomic E-state index is 9.63. The normalized spacial score (nSPS) is 14.1. The number of hydrogen-bond donors (Lipinski definition) is 2. The zero-order chi connectivity index (χ0) is 12.7. The largest absolute Gasteiger partial charge is 0.388 e. The van der Waals surface area contributed by atoms with Gasteiger partial charge in [-0.15, -0.1) is 0 Å². The van der Waals surface area contributed by atoms with Gasteiger partial charge < -0.3 is 14.9 Å². The van der Waals surface area contributed by atoms with Crippen molar-refractivity contribution in [1.29, 1.82) is 0 Å². The first-order chi connectivity index (χ1) is 8.09. The second kappa shape index (κ2) is 7.22. The molecule has 1 aromatic carbocycles. The molecule has 1 unspecified atom stereocenters. The summed E-state index contributed by atoms with van der Waals surface area (Å²) in [4.78, 5) is 0. The van der Waals surface area contributed by atoms with Crippen LogP contribution in [0.15, 0.2) is 42.0 Å². The van der Waals surface area contributed by atoms with Crippen molar-refractivity contribution in [3.8, 4) is 0 Å². The lowest BCUT2D eigenvalue weighted by Crippen LogP contribution is -2.29. The van der Waals surface area contributed by atoms with Crippen LogP contribution in [0.2, 0.25) is 0 Å². The highest BCUT2D eigenvalue weighted by molar-refractivity contribution is 5.13. The molecule has 0 aliphatic carbocycles. The van der Waals surface area contributed by atoms with Crippen molar-refractivity contribution < 1.29 is 14.9 Å². The van der Waals surface area contributed by atoms with Gasteiger partial charge in [-0.3, -0.25) is 0 Å². The third-order valence-electron chi connectivity index (χ3n) is 2.30. The molecule has 2 N–H and O–H groups in total. The fourth-order valence-electron chi connectivity index (χ4n) is 1.42. The molecule has 0 aliphatic rings. The van der Waals surface area contributed by atoms with Gasteiger partial charge in [-0.05, 0) is 19.4 Å². The molecular weight excluding hydrogens is 216 g/mol. The Morgan fingerprint density at radius 2 is 1.88 bits per heavy atom. The van der Waals surface area contributed by atoms with Gasteiger partial charge in [-0.1, -0.05) is 42.0 Å². The summed E-state index contributed by atoms with van der Waals surface area (Å²) < 4.78 is 5.34. The highest BCUT2D eigenvalue weighted by atomic mass is 16.5. The molecule has 0 spiro atoms. The highest BCUT2D eigenvalue weighted by Crippen LogP contribution is 2.04. The summed E-state index contributed by atoms with van der Waals surface area (Å²) in [5.74, 6) is 0. The van der Waals surface area contributed by atoms with E-state index in [1.54, 1.807) is 6.08 Å². The first-order valence-electron chi connectivity index (χ1n) is 5.72. The van der Waals surface area contributed by atoms with Crippen molar-refractivity contribution >= 4 is 0 Å². The lowest BCUT2D eigenvalue weighted by molar-refractivity contribution is -0.0250. The summed E-state index contributed by atoms with van der Waals surface area (Å²) >= 11 is 0. The topological polar surface area (TPSA) is 49.7 Å². The number of rotatable bonds is 6. The van der Waals surface area contributed by atoms with Crippen molar-refractivity contribution in [2.24, 2.45) is 0 Å². The van der Waals surface area contributed by atoms with E-state index in [9.17, 15) is 10.2 Å². The molecule has 0 saturated carbocycles. The molecule has 2 atom stereocenters. The van der Waals surface area contributed by atoms with Crippen molar-refractivity contribution in [3.63, 3.8) is 0 Å². The average molecular weight is 236 g/mol. The molecule has 0 aliphatic heterocycles. The summed E-state index contributed by atoms with van der Waals surface area (Å²) in [7, 11) is 0. The Labute approximate surface area is 102 Å². The van der Waals surface area contributed by atoms with Crippen LogP contribution in [-0.4, -0.2) is 29.0 Å². The molecule has 0 aromatic heterocycles. The molecule has 94 valence electrons. The van der Waals surface area contributed by atoms with E-state index in [0.29, 0.717) is 6.61 Å². The minimum Gasteiger partial charge on any atom is -0.388 e. The lowest BCUT2D eigenvalue weighted by Gasteiger charge is -2.15. The Morgan fingerprint density at radius 3 is 2.47 bits per heavy atom. The molecule has 3 heteroatoms. The summed E-state index contributed by atoms with van der Waals surface area (Å²) in [6, 6.07) is 9.73. The summed E-state index contributed by atoms with van der Waals surface area (Å²) in [6.45, 7) is 4.32. The molecular formula is C14H20O3. The van der Waals surface area contributed by atoms with Gasteiger partial charge >= 0.3 is 0 Å². The van der Waals surface area contributed by atoms with Crippen LogP contribution in [0.5, 0.6) is 0 Å². The van der Waals surface area contributed by atoms with Crippen LogP contribution in [0, 0.1) is 0 Å². The maximum atomic E-state index is 9.63. The second-order valence-electron chi connectivity index (χ2n) is 4.30. The SMILES string of the molecule is CC(C)=CC(O)[C@H](O)COCc1ccccc1. The van der Waals surface area contributed by atoms with Crippen LogP contribution in [-0.2, 0) is 11.3 Å². The smallest absolute Gasteiger partial charge is 0.107 e. The Balaban J connectivity index is 2.29. The van der Waals surface area contributed by atoms with E-state index in [0.717, 1.165) is 11.1 Å². The molecule has 0 fully saturated rings. The van der Waals surface area contributed by atoms with Crippen molar-refractivity contribution in [2.45, 2.75) is 32.7 Å². The molecule has 17 heavy (non-hydrogen) atoms. The lowest BCUT2D eigenvalue weighted by atomic mass is 10.1. The molecule has 0 heterocycles. The molecule has 1 rings (SSSR count). The fraction of sp³-hybridized carbons (Fsp3) is 0.429. The zero-order valence-corrected chi connectivity index (χ0v) is 10.3. The number of benzene rings is 1. The summed E-state index contributed by atoms with van der Waals surface area (Å²) in [5.41, 5.74) is 2.02. The van der Waals surface area contributed by atoms with Gasteiger partial charge in [0.05, 0.1) is 13.2 Å². The molecule has 3 nitrogen and oxygen atoms in total. The van der Waals surface area contributed by atoms with Crippen LogP contribution in [0.1, 0.15) is 19.4 Å². The predicted molar refractivity (Wildman–Crippen MR) is 67.5 cm³/mol. The molecule has 0 amide bonds. The van der Waals surface area contributed by atoms with Crippen LogP contribution >= 0.6 is 0 Å². The van der Waals surface area contributed by atoms with Crippen LogP contribution in [0.3, 0.4) is 0 Å². The minimum atomic E-state index is -0.881. The average Bonchev–Trinajstić information content (AvgIpc) is 2.29. The van der Waals surface area contributed by atoms with Gasteiger partial charge in [0.25, 0.3) is 0 Å². The summed E-state index contributed by atoms with van der Waals surface area (Å²) in [6.07, 6.45) is -0.124. The van der Waals surface area contributed by atoms with E-state index in [1.807, 2.05) is 44.2 Å². The van der Waals surface area contributed by atoms with E-state index < -0.39 is 12.2 Å². The third-order valence-corrected chi connectivity index (χ3v) is 2.30. The number of aliphatic hydroxyl groups excluding tert-OH is 2. The number of allylic oxidation sites excluding steroid dienone is 1. The first-order valence-corrected chi connectivity index (χ1v) is 5.72. The summed E-state index contributed by atoms with van der Waals surface area (Å²) in [5, 5.41) is 19.2. The van der Waals surface area contributed by atoms with Gasteiger partial charge in [0.2, 0.25) is 0 Å². The van der Waals surface area contributed by atoms with Crippen LogP contribution in [0.4, 0.5) is 0 Å². The fourth-order valence-corrected chi connectivity index (χ4v) is 1.42. The number of hydrogen-bond acceptors (Lipinski definition) is 3. The van der Waals surface area contributed by atoms with E-state index in [2.05, 4.69) is 0 Å². The Bertz CT molecular complexity index is 342. The Hall–Kier alpha value is -1.16. The van der Waals surface area contributed by atoms with E-state index in [-0.39, 0.29) is 6.61 Å². The van der Waals surface area contributed by atoms with Gasteiger partial charge in [0.1, 0.15) is 12.2 Å². The number of ether oxygens (including phenoxy) is 1. The number of aliphatic hydroxyl groups is 2. The molecule has 1 aromatic rings. The van der Waals surface area contributed by atoms with Crippen molar-refractivity contribution in [1.82, 2.24) is 0 Å². The molecule has 0 saturated heterocycles. The van der Waals surface area contributed by atoms with E-state index in [4.69, 9.17) is 4.74 Å². The molecule has 0 bridgehead atoms. The first kappa shape index (κ1) is 13.9. The van der Waals surface area contributed by atoms with Crippen LogP contribution < -0.4 is 0 Å². The van der Waals surface area contributed by atoms with E-state index >= 15 is 0 Å². The maximum Gasteiger partial charge on any atom is 0.107 e. The minimum absolute atomic E-state index is 0.125.